The summed E-state index contributed by atoms with van der Waals surface area (Å²) in [4.78, 5) is 9.30. The first-order valence-corrected chi connectivity index (χ1v) is 5.91. The zero-order valence-electron chi connectivity index (χ0n) is 9.39. The molecule has 0 bridgehead atoms. The van der Waals surface area contributed by atoms with Gasteiger partial charge in [-0.15, -0.1) is 11.3 Å². The Balaban J connectivity index is 2.27. The number of aryl methyl sites for hydroxylation is 2. The van der Waals surface area contributed by atoms with Gasteiger partial charge in [0.2, 0.25) is 5.58 Å². The van der Waals surface area contributed by atoms with E-state index in [1.54, 1.807) is 11.3 Å². The molecule has 3 heterocycles. The van der Waals surface area contributed by atoms with Crippen LogP contribution in [0.2, 0.25) is 0 Å². The summed E-state index contributed by atoms with van der Waals surface area (Å²) < 4.78 is 6.21. The van der Waals surface area contributed by atoms with Crippen LogP contribution in [-0.4, -0.2) is 15.1 Å². The van der Waals surface area contributed by atoms with Crippen LogP contribution in [-0.2, 0) is 0 Å². The van der Waals surface area contributed by atoms with Crippen LogP contribution >= 0.6 is 11.3 Å². The average Bonchev–Trinajstić information content (AvgIpc) is 2.82. The SMILES string of the molecule is Cc1cc(-c2noc3c(N)c(C)sc23)ncn1. The maximum Gasteiger partial charge on any atom is 0.201 e. The van der Waals surface area contributed by atoms with Gasteiger partial charge < -0.3 is 10.3 Å². The Morgan fingerprint density at radius 1 is 1.29 bits per heavy atom. The van der Waals surface area contributed by atoms with Crippen LogP contribution in [0.3, 0.4) is 0 Å². The van der Waals surface area contributed by atoms with Gasteiger partial charge in [-0.25, -0.2) is 9.97 Å². The van der Waals surface area contributed by atoms with Crippen LogP contribution in [0.25, 0.3) is 21.7 Å². The summed E-state index contributed by atoms with van der Waals surface area (Å²) in [6.45, 7) is 3.88. The first-order chi connectivity index (χ1) is 8.16. The standard InChI is InChI=1S/C11H10N4OS/c1-5-3-7(14-4-13-5)9-11-10(16-15-9)8(12)6(2)17-11/h3-4H,12H2,1-2H3. The number of nitrogens with zero attached hydrogens (tertiary/aromatic N) is 3. The molecule has 6 heteroatoms. The smallest absolute Gasteiger partial charge is 0.201 e. The predicted molar refractivity (Wildman–Crippen MR) is 66.8 cm³/mol. The lowest BCUT2D eigenvalue weighted by Gasteiger charge is -1.95. The molecule has 0 saturated heterocycles. The molecule has 0 aliphatic heterocycles. The van der Waals surface area contributed by atoms with Crippen molar-refractivity contribution in [3.8, 4) is 11.4 Å². The highest BCUT2D eigenvalue weighted by Crippen LogP contribution is 2.38. The Labute approximate surface area is 101 Å². The van der Waals surface area contributed by atoms with E-state index in [2.05, 4.69) is 15.1 Å². The second-order valence-electron chi connectivity index (χ2n) is 3.81. The summed E-state index contributed by atoms with van der Waals surface area (Å²) in [5.41, 5.74) is 9.61. The lowest BCUT2D eigenvalue weighted by Crippen LogP contribution is -1.87. The van der Waals surface area contributed by atoms with E-state index in [9.17, 15) is 0 Å². The number of rotatable bonds is 1. The molecular weight excluding hydrogens is 236 g/mol. The molecule has 86 valence electrons. The summed E-state index contributed by atoms with van der Waals surface area (Å²) in [6, 6.07) is 1.88. The van der Waals surface area contributed by atoms with Crippen molar-refractivity contribution in [1.29, 1.82) is 0 Å². The molecule has 0 unspecified atom stereocenters. The van der Waals surface area contributed by atoms with E-state index in [1.165, 1.54) is 6.33 Å². The molecule has 0 aliphatic rings. The molecule has 0 saturated carbocycles. The van der Waals surface area contributed by atoms with Crippen molar-refractivity contribution in [2.45, 2.75) is 13.8 Å². The fourth-order valence-electron chi connectivity index (χ4n) is 1.66. The average molecular weight is 246 g/mol. The van der Waals surface area contributed by atoms with Gasteiger partial charge in [0.05, 0.1) is 11.4 Å². The van der Waals surface area contributed by atoms with Crippen LogP contribution in [0.4, 0.5) is 5.69 Å². The van der Waals surface area contributed by atoms with E-state index in [4.69, 9.17) is 10.3 Å². The van der Waals surface area contributed by atoms with Crippen LogP contribution in [0.15, 0.2) is 16.9 Å². The number of fused-ring (bicyclic) bond motifs is 1. The number of aromatic nitrogens is 3. The van der Waals surface area contributed by atoms with E-state index < -0.39 is 0 Å². The summed E-state index contributed by atoms with van der Waals surface area (Å²) in [5, 5.41) is 4.03. The Hall–Kier alpha value is -1.95. The van der Waals surface area contributed by atoms with Gasteiger partial charge in [-0.2, -0.15) is 0 Å². The summed E-state index contributed by atoms with van der Waals surface area (Å²) in [7, 11) is 0. The number of hydrogen-bond acceptors (Lipinski definition) is 6. The fourth-order valence-corrected chi connectivity index (χ4v) is 2.65. The minimum absolute atomic E-state index is 0.652. The van der Waals surface area contributed by atoms with Crippen molar-refractivity contribution in [2.24, 2.45) is 0 Å². The molecule has 0 radical (unpaired) electrons. The molecule has 0 amide bonds. The van der Waals surface area contributed by atoms with E-state index in [0.29, 0.717) is 11.3 Å². The molecule has 0 aromatic carbocycles. The highest BCUT2D eigenvalue weighted by atomic mass is 32.1. The van der Waals surface area contributed by atoms with Gasteiger partial charge in [0.1, 0.15) is 16.7 Å². The van der Waals surface area contributed by atoms with Gasteiger partial charge in [-0.1, -0.05) is 5.16 Å². The quantitative estimate of drug-likeness (QED) is 0.713. The molecule has 0 fully saturated rings. The first kappa shape index (κ1) is 10.2. The fraction of sp³-hybridized carbons (Fsp3) is 0.182. The highest BCUT2D eigenvalue weighted by Gasteiger charge is 2.18. The van der Waals surface area contributed by atoms with Crippen molar-refractivity contribution >= 4 is 27.3 Å². The maximum absolute atomic E-state index is 5.90. The van der Waals surface area contributed by atoms with E-state index in [0.717, 1.165) is 26.7 Å². The molecule has 3 rings (SSSR count). The largest absolute Gasteiger partial charge is 0.395 e. The molecule has 0 spiro atoms. The second-order valence-corrected chi connectivity index (χ2v) is 5.03. The van der Waals surface area contributed by atoms with E-state index in [1.807, 2.05) is 19.9 Å². The molecule has 3 aromatic rings. The van der Waals surface area contributed by atoms with Crippen LogP contribution in [0.5, 0.6) is 0 Å². The Morgan fingerprint density at radius 2 is 2.12 bits per heavy atom. The molecule has 0 aliphatic carbocycles. The summed E-state index contributed by atoms with van der Waals surface area (Å²) >= 11 is 1.57. The minimum Gasteiger partial charge on any atom is -0.395 e. The molecule has 17 heavy (non-hydrogen) atoms. The predicted octanol–water partition coefficient (Wildman–Crippen LogP) is 2.55. The van der Waals surface area contributed by atoms with E-state index >= 15 is 0 Å². The maximum atomic E-state index is 5.90. The number of anilines is 1. The second kappa shape index (κ2) is 3.53. The summed E-state index contributed by atoms with van der Waals surface area (Å²) in [5.74, 6) is 0. The van der Waals surface area contributed by atoms with Crippen molar-refractivity contribution in [2.75, 3.05) is 5.73 Å². The number of nitrogens with two attached hydrogens (primary N) is 1. The van der Waals surface area contributed by atoms with Gasteiger partial charge >= 0.3 is 0 Å². The summed E-state index contributed by atoms with van der Waals surface area (Å²) in [6.07, 6.45) is 1.52. The van der Waals surface area contributed by atoms with Crippen LogP contribution in [0.1, 0.15) is 10.6 Å². The monoisotopic (exact) mass is 246 g/mol. The lowest BCUT2D eigenvalue weighted by atomic mass is 10.2. The van der Waals surface area contributed by atoms with Crippen LogP contribution < -0.4 is 5.73 Å². The van der Waals surface area contributed by atoms with Crippen molar-refractivity contribution in [3.05, 3.63) is 23.0 Å². The van der Waals surface area contributed by atoms with Crippen molar-refractivity contribution < 1.29 is 4.52 Å². The Kier molecular flexibility index (Phi) is 2.12. The third-order valence-electron chi connectivity index (χ3n) is 2.58. The number of thiophene rings is 1. The Bertz CT molecular complexity index is 701. The van der Waals surface area contributed by atoms with E-state index in [-0.39, 0.29) is 0 Å². The normalized spacial score (nSPS) is 11.2. The van der Waals surface area contributed by atoms with Gasteiger partial charge in [0, 0.05) is 10.6 Å². The molecule has 0 atom stereocenters. The molecule has 3 aromatic heterocycles. The lowest BCUT2D eigenvalue weighted by molar-refractivity contribution is 0.460. The van der Waals surface area contributed by atoms with Crippen LogP contribution in [0, 0.1) is 13.8 Å². The number of hydrogen-bond donors (Lipinski definition) is 1. The van der Waals surface area contributed by atoms with Crippen molar-refractivity contribution in [3.63, 3.8) is 0 Å². The number of nitrogen functional groups attached to an aromatic ring is 1. The topological polar surface area (TPSA) is 77.8 Å². The zero-order valence-corrected chi connectivity index (χ0v) is 10.2. The van der Waals surface area contributed by atoms with Gasteiger partial charge in [0.15, 0.2) is 0 Å². The third-order valence-corrected chi connectivity index (χ3v) is 3.68. The van der Waals surface area contributed by atoms with Gasteiger partial charge in [-0.3, -0.25) is 0 Å². The molecule has 5 nitrogen and oxygen atoms in total. The highest BCUT2D eigenvalue weighted by molar-refractivity contribution is 7.20. The van der Waals surface area contributed by atoms with Gasteiger partial charge in [0.25, 0.3) is 0 Å². The van der Waals surface area contributed by atoms with Gasteiger partial charge in [-0.05, 0) is 19.9 Å². The Morgan fingerprint density at radius 3 is 2.88 bits per heavy atom. The zero-order chi connectivity index (χ0) is 12.0. The first-order valence-electron chi connectivity index (χ1n) is 5.10. The molecular formula is C11H10N4OS. The third kappa shape index (κ3) is 1.49. The molecule has 2 N–H and O–H groups in total. The minimum atomic E-state index is 0.652. The van der Waals surface area contributed by atoms with Crippen molar-refractivity contribution in [1.82, 2.24) is 15.1 Å².